The minimum Gasteiger partial charge on any atom is -0.463 e. The highest BCUT2D eigenvalue weighted by atomic mass is 35.5. The molecular weight excluding hydrogens is 404 g/mol. The summed E-state index contributed by atoms with van der Waals surface area (Å²) in [6.07, 6.45) is 4.78. The Morgan fingerprint density at radius 2 is 1.90 bits per heavy atom. The second kappa shape index (κ2) is 7.76. The topological polar surface area (TPSA) is 78.5 Å². The van der Waals surface area contributed by atoms with E-state index in [1.807, 2.05) is 19.2 Å². The van der Waals surface area contributed by atoms with Crippen molar-refractivity contribution in [1.29, 1.82) is 0 Å². The minimum atomic E-state index is -0.526. The molecule has 1 aliphatic heterocycles. The zero-order valence-corrected chi connectivity index (χ0v) is 17.5. The molecule has 0 saturated carbocycles. The predicted molar refractivity (Wildman–Crippen MR) is 116 cm³/mol. The number of halogens is 1. The van der Waals surface area contributed by atoms with Crippen LogP contribution in [-0.2, 0) is 23.6 Å². The molecule has 0 atom stereocenters. The van der Waals surface area contributed by atoms with Gasteiger partial charge in [-0.15, -0.1) is 0 Å². The third-order valence-electron chi connectivity index (χ3n) is 4.85. The number of esters is 1. The monoisotopic (exact) mass is 422 g/mol. The van der Waals surface area contributed by atoms with Crippen LogP contribution < -0.4 is 5.56 Å². The van der Waals surface area contributed by atoms with Crippen LogP contribution in [0.4, 0.5) is 0 Å². The standard InChI is InChI=1S/C22H19ClN4O3/c1-4-30-20(29)10-18-15-9-19(28)26(2)12-17(15)16-11-24-27(3)22(16)21(25-18)13-5-7-14(23)8-6-13/h5-12H,4H2,1-3H3/b18-10-. The molecule has 0 unspecified atom stereocenters. The number of carbonyl (C=O) groups is 1. The van der Waals surface area contributed by atoms with Gasteiger partial charge in [0.2, 0.25) is 0 Å². The maximum atomic E-state index is 12.4. The van der Waals surface area contributed by atoms with Crippen LogP contribution in [-0.4, -0.2) is 32.6 Å². The molecule has 152 valence electrons. The van der Waals surface area contributed by atoms with Crippen LogP contribution in [0, 0.1) is 0 Å². The van der Waals surface area contributed by atoms with E-state index < -0.39 is 5.97 Å². The molecule has 0 fully saturated rings. The number of nitrogens with zero attached hydrogens (tertiary/aromatic N) is 4. The first-order chi connectivity index (χ1) is 14.4. The Balaban J connectivity index is 2.07. The van der Waals surface area contributed by atoms with E-state index >= 15 is 0 Å². The molecule has 7 nitrogen and oxygen atoms in total. The maximum Gasteiger partial charge on any atom is 0.332 e. The number of fused-ring (bicyclic) bond motifs is 3. The van der Waals surface area contributed by atoms with E-state index in [0.29, 0.717) is 22.0 Å². The average molecular weight is 423 g/mol. The van der Waals surface area contributed by atoms with Gasteiger partial charge in [0.1, 0.15) is 0 Å². The fraction of sp³-hybridized carbons (Fsp3) is 0.182. The Morgan fingerprint density at radius 1 is 1.17 bits per heavy atom. The lowest BCUT2D eigenvalue weighted by atomic mass is 9.98. The van der Waals surface area contributed by atoms with Crippen LogP contribution in [0.2, 0.25) is 5.02 Å². The van der Waals surface area contributed by atoms with Gasteiger partial charge < -0.3 is 9.30 Å². The molecule has 3 heterocycles. The first-order valence-electron chi connectivity index (χ1n) is 9.36. The summed E-state index contributed by atoms with van der Waals surface area (Å²) < 4.78 is 8.31. The van der Waals surface area contributed by atoms with Crippen LogP contribution in [0.3, 0.4) is 0 Å². The van der Waals surface area contributed by atoms with E-state index in [1.165, 1.54) is 16.7 Å². The van der Waals surface area contributed by atoms with E-state index in [1.54, 1.807) is 43.2 Å². The van der Waals surface area contributed by atoms with Gasteiger partial charge in [0.25, 0.3) is 5.56 Å². The zero-order chi connectivity index (χ0) is 21.4. The number of hydrogen-bond donors (Lipinski definition) is 0. The number of pyridine rings is 1. The summed E-state index contributed by atoms with van der Waals surface area (Å²) in [6, 6.07) is 8.74. The van der Waals surface area contributed by atoms with E-state index in [0.717, 1.165) is 22.4 Å². The van der Waals surface area contributed by atoms with Gasteiger partial charge >= 0.3 is 5.97 Å². The van der Waals surface area contributed by atoms with Crippen molar-refractivity contribution in [2.24, 2.45) is 19.1 Å². The highest BCUT2D eigenvalue weighted by molar-refractivity contribution is 6.30. The second-order valence-electron chi connectivity index (χ2n) is 6.83. The summed E-state index contributed by atoms with van der Waals surface area (Å²) in [5.41, 5.74) is 4.44. The fourth-order valence-corrected chi connectivity index (χ4v) is 3.55. The lowest BCUT2D eigenvalue weighted by molar-refractivity contribution is -0.137. The van der Waals surface area contributed by atoms with Gasteiger partial charge in [-0.05, 0) is 19.1 Å². The van der Waals surface area contributed by atoms with Crippen LogP contribution in [0.5, 0.6) is 0 Å². The number of ether oxygens (including phenoxy) is 1. The lowest BCUT2D eigenvalue weighted by Gasteiger charge is -2.09. The number of carbonyl (C=O) groups excluding carboxylic acids is 1. The van der Waals surface area contributed by atoms with Gasteiger partial charge in [0, 0.05) is 59.7 Å². The van der Waals surface area contributed by atoms with Crippen molar-refractivity contribution in [2.45, 2.75) is 6.92 Å². The summed E-state index contributed by atoms with van der Waals surface area (Å²) in [5, 5.41) is 5.01. The van der Waals surface area contributed by atoms with Gasteiger partial charge in [-0.3, -0.25) is 9.48 Å². The van der Waals surface area contributed by atoms with Crippen molar-refractivity contribution in [3.05, 3.63) is 81.0 Å². The van der Waals surface area contributed by atoms with Crippen LogP contribution in [0.15, 0.2) is 58.6 Å². The third-order valence-corrected chi connectivity index (χ3v) is 5.10. The van der Waals surface area contributed by atoms with Gasteiger partial charge in [-0.2, -0.15) is 5.10 Å². The van der Waals surface area contributed by atoms with Crippen molar-refractivity contribution in [3.63, 3.8) is 0 Å². The van der Waals surface area contributed by atoms with Crippen LogP contribution in [0.1, 0.15) is 23.7 Å². The smallest absolute Gasteiger partial charge is 0.332 e. The maximum absolute atomic E-state index is 12.4. The minimum absolute atomic E-state index is 0.209. The molecule has 1 aromatic carbocycles. The first kappa shape index (κ1) is 19.8. The molecule has 0 N–H and O–H groups in total. The first-order valence-corrected chi connectivity index (χ1v) is 9.73. The van der Waals surface area contributed by atoms with Crippen molar-refractivity contribution in [3.8, 4) is 11.1 Å². The molecule has 0 aliphatic carbocycles. The van der Waals surface area contributed by atoms with Crippen LogP contribution in [0.25, 0.3) is 16.8 Å². The largest absolute Gasteiger partial charge is 0.463 e. The van der Waals surface area contributed by atoms with Gasteiger partial charge in [0.15, 0.2) is 0 Å². The van der Waals surface area contributed by atoms with Crippen molar-refractivity contribution < 1.29 is 9.53 Å². The predicted octanol–water partition coefficient (Wildman–Crippen LogP) is 3.19. The van der Waals surface area contributed by atoms with E-state index in [-0.39, 0.29) is 12.2 Å². The van der Waals surface area contributed by atoms with E-state index in [4.69, 9.17) is 21.3 Å². The number of rotatable bonds is 3. The molecule has 4 rings (SSSR count). The molecule has 0 spiro atoms. The lowest BCUT2D eigenvalue weighted by Crippen LogP contribution is -2.16. The van der Waals surface area contributed by atoms with Crippen LogP contribution >= 0.6 is 11.6 Å². The Bertz CT molecular complexity index is 1270. The van der Waals surface area contributed by atoms with E-state index in [9.17, 15) is 9.59 Å². The normalized spacial score (nSPS) is 14.0. The highest BCUT2D eigenvalue weighted by Gasteiger charge is 2.26. The number of aromatic nitrogens is 3. The average Bonchev–Trinajstić information content (AvgIpc) is 3.03. The molecule has 0 bridgehead atoms. The molecule has 1 aliphatic rings. The van der Waals surface area contributed by atoms with E-state index in [2.05, 4.69) is 5.10 Å². The molecule has 0 amide bonds. The number of hydrogen-bond acceptors (Lipinski definition) is 5. The molecule has 0 radical (unpaired) electrons. The van der Waals surface area contributed by atoms with Gasteiger partial charge in [-0.25, -0.2) is 9.79 Å². The zero-order valence-electron chi connectivity index (χ0n) is 16.7. The Kier molecular flexibility index (Phi) is 5.13. The summed E-state index contributed by atoms with van der Waals surface area (Å²) >= 11 is 6.07. The van der Waals surface area contributed by atoms with Crippen molar-refractivity contribution >= 4 is 29.0 Å². The molecular formula is C22H19ClN4O3. The molecule has 0 saturated heterocycles. The Labute approximate surface area is 177 Å². The summed E-state index contributed by atoms with van der Waals surface area (Å²) in [7, 11) is 3.51. The second-order valence-corrected chi connectivity index (χ2v) is 7.27. The Morgan fingerprint density at radius 3 is 2.60 bits per heavy atom. The molecule has 30 heavy (non-hydrogen) atoms. The fourth-order valence-electron chi connectivity index (χ4n) is 3.42. The quantitative estimate of drug-likeness (QED) is 0.479. The molecule has 8 heteroatoms. The van der Waals surface area contributed by atoms with Gasteiger partial charge in [0.05, 0.1) is 29.9 Å². The van der Waals surface area contributed by atoms with Crippen molar-refractivity contribution in [1.82, 2.24) is 14.3 Å². The highest BCUT2D eigenvalue weighted by Crippen LogP contribution is 2.36. The number of aliphatic imine (C=N–C) groups is 1. The number of benzene rings is 1. The Hall–Kier alpha value is -3.45. The molecule has 3 aromatic rings. The van der Waals surface area contributed by atoms with Crippen molar-refractivity contribution in [2.75, 3.05) is 6.61 Å². The SMILES string of the molecule is CCOC(=O)/C=C1\N=C(c2ccc(Cl)cc2)c2c(cnn2C)-c2cn(C)c(=O)cc21. The number of aryl methyl sites for hydroxylation is 2. The van der Waals surface area contributed by atoms with Gasteiger partial charge in [-0.1, -0.05) is 23.7 Å². The summed E-state index contributed by atoms with van der Waals surface area (Å²) in [4.78, 5) is 29.5. The third kappa shape index (κ3) is 3.48. The summed E-state index contributed by atoms with van der Waals surface area (Å²) in [6.45, 7) is 1.97. The molecule has 2 aromatic heterocycles. The summed E-state index contributed by atoms with van der Waals surface area (Å²) in [5.74, 6) is -0.526.